The van der Waals surface area contributed by atoms with Crippen molar-refractivity contribution in [1.29, 1.82) is 0 Å². The number of unbranched alkanes of at least 4 members (excludes halogenated alkanes) is 1. The van der Waals surface area contributed by atoms with Crippen LogP contribution >= 0.6 is 0 Å². The lowest BCUT2D eigenvalue weighted by Gasteiger charge is -2.09. The van der Waals surface area contributed by atoms with Crippen molar-refractivity contribution in [3.8, 4) is 0 Å². The average molecular weight is 233 g/mol. The van der Waals surface area contributed by atoms with Crippen molar-refractivity contribution < 1.29 is 4.74 Å². The summed E-state index contributed by atoms with van der Waals surface area (Å²) in [5.41, 5.74) is 1.46. The van der Waals surface area contributed by atoms with Crippen LogP contribution in [-0.4, -0.2) is 26.3 Å². The average Bonchev–Trinajstić information content (AvgIpc) is 2.88. The molecule has 0 spiro atoms. The van der Waals surface area contributed by atoms with Gasteiger partial charge in [0.1, 0.15) is 0 Å². The third-order valence-corrected chi connectivity index (χ3v) is 3.37. The van der Waals surface area contributed by atoms with E-state index in [1.807, 2.05) is 0 Å². The van der Waals surface area contributed by atoms with Gasteiger partial charge in [0.2, 0.25) is 0 Å². The Morgan fingerprint density at radius 2 is 2.06 bits per heavy atom. The van der Waals surface area contributed by atoms with E-state index in [-0.39, 0.29) is 0 Å². The van der Waals surface area contributed by atoms with E-state index < -0.39 is 0 Å². The molecule has 94 valence electrons. The maximum absolute atomic E-state index is 5.35. The summed E-state index contributed by atoms with van der Waals surface area (Å²) in [6.45, 7) is 4.19. The van der Waals surface area contributed by atoms with Crippen LogP contribution in [0.3, 0.4) is 0 Å². The number of hydrogen-bond acceptors (Lipinski definition) is 2. The van der Waals surface area contributed by atoms with Crippen LogP contribution in [0.1, 0.15) is 24.8 Å². The summed E-state index contributed by atoms with van der Waals surface area (Å²) in [6, 6.07) is 10.7. The Kier molecular flexibility index (Phi) is 5.53. The van der Waals surface area contributed by atoms with E-state index >= 15 is 0 Å². The van der Waals surface area contributed by atoms with Crippen LogP contribution in [-0.2, 0) is 11.2 Å². The molecule has 1 heterocycles. The van der Waals surface area contributed by atoms with Crippen molar-refractivity contribution in [2.45, 2.75) is 25.7 Å². The van der Waals surface area contributed by atoms with Gasteiger partial charge in [0.15, 0.2) is 0 Å². The van der Waals surface area contributed by atoms with Crippen molar-refractivity contribution in [2.75, 3.05) is 26.3 Å². The van der Waals surface area contributed by atoms with Crippen molar-refractivity contribution in [3.05, 3.63) is 35.9 Å². The Morgan fingerprint density at radius 3 is 2.82 bits per heavy atom. The number of hydrogen-bond donors (Lipinski definition) is 1. The zero-order valence-corrected chi connectivity index (χ0v) is 10.5. The molecule has 1 aromatic carbocycles. The predicted molar refractivity (Wildman–Crippen MR) is 71.2 cm³/mol. The fourth-order valence-electron chi connectivity index (χ4n) is 2.27. The second-order valence-corrected chi connectivity index (χ2v) is 4.88. The zero-order valence-electron chi connectivity index (χ0n) is 10.5. The summed E-state index contributed by atoms with van der Waals surface area (Å²) in [6.07, 6.45) is 4.98. The van der Waals surface area contributed by atoms with Gasteiger partial charge >= 0.3 is 0 Å². The molecule has 1 aromatic rings. The van der Waals surface area contributed by atoms with Crippen molar-refractivity contribution in [2.24, 2.45) is 5.92 Å². The smallest absolute Gasteiger partial charge is 0.0507 e. The number of benzene rings is 1. The minimum absolute atomic E-state index is 0.754. The summed E-state index contributed by atoms with van der Waals surface area (Å²) in [4.78, 5) is 0. The Morgan fingerprint density at radius 1 is 1.18 bits per heavy atom. The standard InChI is InChI=1S/C15H23NO/c1-2-6-14(7-3-1)8-4-5-10-16-12-15-9-11-17-13-15/h1-3,6-7,15-16H,4-5,8-13H2. The van der Waals surface area contributed by atoms with Crippen LogP contribution in [0.2, 0.25) is 0 Å². The Hall–Kier alpha value is -0.860. The van der Waals surface area contributed by atoms with E-state index in [1.165, 1.54) is 31.2 Å². The summed E-state index contributed by atoms with van der Waals surface area (Å²) >= 11 is 0. The first-order valence-electron chi connectivity index (χ1n) is 6.77. The van der Waals surface area contributed by atoms with Crippen molar-refractivity contribution in [3.63, 3.8) is 0 Å². The summed E-state index contributed by atoms with van der Waals surface area (Å²) in [5.74, 6) is 0.754. The van der Waals surface area contributed by atoms with Crippen LogP contribution in [0.4, 0.5) is 0 Å². The van der Waals surface area contributed by atoms with E-state index in [9.17, 15) is 0 Å². The molecule has 2 heteroatoms. The second-order valence-electron chi connectivity index (χ2n) is 4.88. The summed E-state index contributed by atoms with van der Waals surface area (Å²) in [5, 5.41) is 3.53. The molecular weight excluding hydrogens is 210 g/mol. The summed E-state index contributed by atoms with van der Waals surface area (Å²) in [7, 11) is 0. The highest BCUT2D eigenvalue weighted by Gasteiger charge is 2.14. The van der Waals surface area contributed by atoms with Crippen molar-refractivity contribution >= 4 is 0 Å². The molecule has 1 fully saturated rings. The number of ether oxygens (including phenoxy) is 1. The van der Waals surface area contributed by atoms with Gasteiger partial charge < -0.3 is 10.1 Å². The maximum atomic E-state index is 5.35. The first-order valence-corrected chi connectivity index (χ1v) is 6.77. The predicted octanol–water partition coefficient (Wildman–Crippen LogP) is 2.64. The molecule has 17 heavy (non-hydrogen) atoms. The Bertz CT molecular complexity index is 293. The maximum Gasteiger partial charge on any atom is 0.0507 e. The molecule has 0 aliphatic carbocycles. The lowest BCUT2D eigenvalue weighted by molar-refractivity contribution is 0.185. The molecule has 1 unspecified atom stereocenters. The minimum Gasteiger partial charge on any atom is -0.381 e. The molecule has 2 rings (SSSR count). The largest absolute Gasteiger partial charge is 0.381 e. The second kappa shape index (κ2) is 7.46. The molecule has 2 nitrogen and oxygen atoms in total. The van der Waals surface area contributed by atoms with Gasteiger partial charge in [-0.05, 0) is 43.7 Å². The molecule has 0 amide bonds. The molecular formula is C15H23NO. The van der Waals surface area contributed by atoms with Gasteiger partial charge in [-0.2, -0.15) is 0 Å². The Labute approximate surface area is 104 Å². The van der Waals surface area contributed by atoms with Gasteiger partial charge in [0.25, 0.3) is 0 Å². The number of aryl methyl sites for hydroxylation is 1. The molecule has 0 bridgehead atoms. The fourth-order valence-corrected chi connectivity index (χ4v) is 2.27. The number of nitrogens with one attached hydrogen (secondary N) is 1. The molecule has 0 radical (unpaired) electrons. The van der Waals surface area contributed by atoms with Gasteiger partial charge in [-0.1, -0.05) is 30.3 Å². The van der Waals surface area contributed by atoms with E-state index in [2.05, 4.69) is 35.6 Å². The Balaban J connectivity index is 1.46. The normalized spacial score (nSPS) is 19.6. The van der Waals surface area contributed by atoms with Gasteiger partial charge in [-0.25, -0.2) is 0 Å². The topological polar surface area (TPSA) is 21.3 Å². The SMILES string of the molecule is c1ccc(CCCCNCC2CCOC2)cc1. The van der Waals surface area contributed by atoms with Gasteiger partial charge in [-0.15, -0.1) is 0 Å². The lowest BCUT2D eigenvalue weighted by Crippen LogP contribution is -2.24. The van der Waals surface area contributed by atoms with Gasteiger partial charge in [0.05, 0.1) is 6.61 Å². The van der Waals surface area contributed by atoms with Crippen LogP contribution in [0.25, 0.3) is 0 Å². The molecule has 1 atom stereocenters. The van der Waals surface area contributed by atoms with Gasteiger partial charge in [-0.3, -0.25) is 0 Å². The molecule has 1 aliphatic rings. The third-order valence-electron chi connectivity index (χ3n) is 3.37. The lowest BCUT2D eigenvalue weighted by atomic mass is 10.1. The first-order chi connectivity index (χ1) is 8.45. The monoisotopic (exact) mass is 233 g/mol. The third kappa shape index (κ3) is 4.88. The van der Waals surface area contributed by atoms with Crippen LogP contribution < -0.4 is 5.32 Å². The van der Waals surface area contributed by atoms with E-state index in [1.54, 1.807) is 0 Å². The molecule has 0 saturated carbocycles. The quantitative estimate of drug-likeness (QED) is 0.731. The van der Waals surface area contributed by atoms with Crippen LogP contribution in [0, 0.1) is 5.92 Å². The minimum atomic E-state index is 0.754. The van der Waals surface area contributed by atoms with Crippen molar-refractivity contribution in [1.82, 2.24) is 5.32 Å². The molecule has 1 N–H and O–H groups in total. The first kappa shape index (κ1) is 12.6. The number of rotatable bonds is 7. The van der Waals surface area contributed by atoms with E-state index in [0.717, 1.165) is 32.2 Å². The molecule has 1 aliphatic heterocycles. The molecule has 0 aromatic heterocycles. The van der Waals surface area contributed by atoms with Crippen LogP contribution in [0.5, 0.6) is 0 Å². The zero-order chi connectivity index (χ0) is 11.8. The highest BCUT2D eigenvalue weighted by molar-refractivity contribution is 5.14. The molecule has 1 saturated heterocycles. The summed E-state index contributed by atoms with van der Waals surface area (Å²) < 4.78 is 5.35. The van der Waals surface area contributed by atoms with E-state index in [0.29, 0.717) is 0 Å². The van der Waals surface area contributed by atoms with E-state index in [4.69, 9.17) is 4.74 Å². The van der Waals surface area contributed by atoms with Gasteiger partial charge in [0, 0.05) is 13.2 Å². The van der Waals surface area contributed by atoms with Crippen LogP contribution in [0.15, 0.2) is 30.3 Å². The fraction of sp³-hybridized carbons (Fsp3) is 0.600. The highest BCUT2D eigenvalue weighted by Crippen LogP contribution is 2.10. The highest BCUT2D eigenvalue weighted by atomic mass is 16.5.